The lowest BCUT2D eigenvalue weighted by molar-refractivity contribution is 0.0814. The van der Waals surface area contributed by atoms with E-state index in [-0.39, 0.29) is 0 Å². The Hall–Kier alpha value is -3.13. The van der Waals surface area contributed by atoms with Gasteiger partial charge in [0.05, 0.1) is 12.5 Å². The maximum Gasteiger partial charge on any atom is 0.169 e. The Morgan fingerprint density at radius 3 is 2.53 bits per heavy atom. The fourth-order valence-electron chi connectivity index (χ4n) is 6.15. The van der Waals surface area contributed by atoms with Crippen LogP contribution < -0.4 is 14.8 Å². The largest absolute Gasteiger partial charge is 0.493 e. The molecule has 0 spiro atoms. The quantitative estimate of drug-likeness (QED) is 0.293. The van der Waals surface area contributed by atoms with E-state index in [4.69, 9.17) is 26.1 Å². The van der Waals surface area contributed by atoms with Crippen LogP contribution in [0.15, 0.2) is 61.1 Å². The van der Waals surface area contributed by atoms with E-state index in [1.807, 2.05) is 48.5 Å². The number of fused-ring (bicyclic) bond motifs is 1. The summed E-state index contributed by atoms with van der Waals surface area (Å²) in [7, 11) is 1.66. The van der Waals surface area contributed by atoms with E-state index in [1.54, 1.807) is 13.4 Å². The minimum atomic E-state index is 0.384. The number of rotatable bonds is 6. The number of para-hydroxylation sites is 1. The zero-order valence-corrected chi connectivity index (χ0v) is 22.7. The molecule has 8 heteroatoms. The summed E-state index contributed by atoms with van der Waals surface area (Å²) in [6, 6.07) is 17.4. The highest BCUT2D eigenvalue weighted by atomic mass is 35.5. The molecule has 0 amide bonds. The van der Waals surface area contributed by atoms with Crippen molar-refractivity contribution in [2.45, 2.75) is 50.7 Å². The summed E-state index contributed by atoms with van der Waals surface area (Å²) < 4.78 is 14.1. The second kappa shape index (κ2) is 10.9. The molecule has 2 aromatic heterocycles. The molecule has 198 valence electrons. The maximum absolute atomic E-state index is 6.68. The average molecular weight is 532 g/mol. The van der Waals surface area contributed by atoms with Gasteiger partial charge in [-0.2, -0.15) is 0 Å². The summed E-state index contributed by atoms with van der Waals surface area (Å²) in [5.74, 6) is 2.08. The van der Waals surface area contributed by atoms with Crippen LogP contribution in [-0.2, 0) is 0 Å². The highest BCUT2D eigenvalue weighted by Gasteiger charge is 2.31. The van der Waals surface area contributed by atoms with Crippen molar-refractivity contribution in [3.8, 4) is 28.4 Å². The van der Waals surface area contributed by atoms with Gasteiger partial charge in [-0.15, -0.1) is 0 Å². The highest BCUT2D eigenvalue weighted by molar-refractivity contribution is 6.35. The minimum absolute atomic E-state index is 0.384. The van der Waals surface area contributed by atoms with Crippen LogP contribution in [0.4, 0.5) is 0 Å². The summed E-state index contributed by atoms with van der Waals surface area (Å²) in [6.07, 6.45) is 8.41. The number of hydrogen-bond donors (Lipinski definition) is 1. The predicted octanol–water partition coefficient (Wildman–Crippen LogP) is 6.33. The van der Waals surface area contributed by atoms with Gasteiger partial charge in [-0.25, -0.2) is 9.97 Å². The Balaban J connectivity index is 1.30. The number of nitrogens with one attached hydrogen (secondary N) is 1. The zero-order valence-electron chi connectivity index (χ0n) is 21.9. The molecule has 1 saturated heterocycles. The molecule has 1 aliphatic carbocycles. The predicted molar refractivity (Wildman–Crippen MR) is 151 cm³/mol. The van der Waals surface area contributed by atoms with Crippen LogP contribution in [0.1, 0.15) is 38.6 Å². The normalized spacial score (nSPS) is 22.4. The first-order chi connectivity index (χ1) is 18.6. The second-order valence-electron chi connectivity index (χ2n) is 10.3. The number of benzene rings is 2. The first-order valence-electron chi connectivity index (χ1n) is 13.5. The summed E-state index contributed by atoms with van der Waals surface area (Å²) in [5, 5.41) is 4.86. The molecule has 1 N–H and O–H groups in total. The Kier molecular flexibility index (Phi) is 7.24. The lowest BCUT2D eigenvalue weighted by Crippen LogP contribution is -2.54. The molecule has 38 heavy (non-hydrogen) atoms. The molecular weight excluding hydrogens is 498 g/mol. The molecule has 4 aromatic rings. The van der Waals surface area contributed by atoms with E-state index in [2.05, 4.69) is 32.9 Å². The molecule has 0 bridgehead atoms. The molecule has 7 nitrogen and oxygen atoms in total. The Morgan fingerprint density at radius 2 is 1.76 bits per heavy atom. The van der Waals surface area contributed by atoms with Gasteiger partial charge in [-0.1, -0.05) is 35.9 Å². The smallest absolute Gasteiger partial charge is 0.169 e. The fourth-order valence-corrected chi connectivity index (χ4v) is 6.38. The molecular formula is C30H34ClN5O2. The number of halogens is 1. The van der Waals surface area contributed by atoms with E-state index in [0.717, 1.165) is 60.4 Å². The number of piperazine rings is 1. The van der Waals surface area contributed by atoms with Crippen LogP contribution >= 0.6 is 11.6 Å². The molecule has 3 heterocycles. The van der Waals surface area contributed by atoms with Gasteiger partial charge in [0.25, 0.3) is 0 Å². The van der Waals surface area contributed by atoms with Crippen LogP contribution in [0, 0.1) is 0 Å². The lowest BCUT2D eigenvalue weighted by Gasteiger charge is -2.43. The van der Waals surface area contributed by atoms with Gasteiger partial charge in [0.15, 0.2) is 11.5 Å². The SMILES string of the molecule is COc1cc(-c2cn(C3CCC(N4CCNCC4C)CC3)c3ncnc(Cl)c23)ccc1Oc1ccccc1. The molecule has 2 fully saturated rings. The Bertz CT molecular complexity index is 1400. The number of nitrogens with zero attached hydrogens (tertiary/aromatic N) is 4. The molecule has 2 aromatic carbocycles. The van der Waals surface area contributed by atoms with Crippen molar-refractivity contribution in [2.75, 3.05) is 26.7 Å². The van der Waals surface area contributed by atoms with Crippen molar-refractivity contribution in [2.24, 2.45) is 0 Å². The summed E-state index contributed by atoms with van der Waals surface area (Å²) in [4.78, 5) is 11.7. The number of methoxy groups -OCH3 is 1. The summed E-state index contributed by atoms with van der Waals surface area (Å²) in [5.41, 5.74) is 2.89. The third-order valence-electron chi connectivity index (χ3n) is 8.09. The highest BCUT2D eigenvalue weighted by Crippen LogP contribution is 2.42. The second-order valence-corrected chi connectivity index (χ2v) is 10.7. The van der Waals surface area contributed by atoms with Crippen LogP contribution in [0.25, 0.3) is 22.2 Å². The monoisotopic (exact) mass is 531 g/mol. The molecule has 6 rings (SSSR count). The standard InChI is InChI=1S/C30H34ClN5O2/c1-20-17-32-14-15-35(20)22-9-11-23(12-10-22)36-18-25(28-29(31)33-19-34-30(28)36)21-8-13-26(27(16-21)37-2)38-24-6-4-3-5-7-24/h3-8,13,16,18-20,22-23,32H,9-12,14-15,17H2,1-2H3. The first-order valence-corrected chi connectivity index (χ1v) is 13.9. The van der Waals surface area contributed by atoms with Gasteiger partial charge in [0.2, 0.25) is 0 Å². The third kappa shape index (κ3) is 4.86. The van der Waals surface area contributed by atoms with Gasteiger partial charge in [-0.05, 0) is 62.4 Å². The molecule has 1 saturated carbocycles. The van der Waals surface area contributed by atoms with Gasteiger partial charge < -0.3 is 19.4 Å². The van der Waals surface area contributed by atoms with Crippen LogP contribution in [0.5, 0.6) is 17.2 Å². The molecule has 1 aliphatic heterocycles. The number of aromatic nitrogens is 3. The van der Waals surface area contributed by atoms with E-state index < -0.39 is 0 Å². The van der Waals surface area contributed by atoms with Crippen molar-refractivity contribution >= 4 is 22.6 Å². The fraction of sp³-hybridized carbons (Fsp3) is 0.400. The van der Waals surface area contributed by atoms with Gasteiger partial charge in [-0.3, -0.25) is 4.90 Å². The van der Waals surface area contributed by atoms with E-state index in [0.29, 0.717) is 34.8 Å². The van der Waals surface area contributed by atoms with E-state index >= 15 is 0 Å². The Labute approximate surface area is 228 Å². The Morgan fingerprint density at radius 1 is 0.974 bits per heavy atom. The van der Waals surface area contributed by atoms with Crippen LogP contribution in [0.3, 0.4) is 0 Å². The van der Waals surface area contributed by atoms with E-state index in [9.17, 15) is 0 Å². The topological polar surface area (TPSA) is 64.4 Å². The summed E-state index contributed by atoms with van der Waals surface area (Å²) >= 11 is 6.68. The zero-order chi connectivity index (χ0) is 26.1. The molecule has 1 unspecified atom stereocenters. The van der Waals surface area contributed by atoms with Crippen molar-refractivity contribution in [1.82, 2.24) is 24.8 Å². The minimum Gasteiger partial charge on any atom is -0.493 e. The van der Waals surface area contributed by atoms with Crippen molar-refractivity contribution in [1.29, 1.82) is 0 Å². The first kappa shape index (κ1) is 25.2. The van der Waals surface area contributed by atoms with Crippen molar-refractivity contribution < 1.29 is 9.47 Å². The number of hydrogen-bond acceptors (Lipinski definition) is 6. The van der Waals surface area contributed by atoms with E-state index in [1.165, 1.54) is 12.8 Å². The molecule has 0 radical (unpaired) electrons. The van der Waals surface area contributed by atoms with Crippen LogP contribution in [0.2, 0.25) is 5.15 Å². The van der Waals surface area contributed by atoms with Gasteiger partial charge in [0, 0.05) is 49.5 Å². The summed E-state index contributed by atoms with van der Waals surface area (Å²) in [6.45, 7) is 5.65. The van der Waals surface area contributed by atoms with Gasteiger partial charge >= 0.3 is 0 Å². The number of ether oxygens (including phenoxy) is 2. The molecule has 2 aliphatic rings. The van der Waals surface area contributed by atoms with Crippen molar-refractivity contribution in [3.63, 3.8) is 0 Å². The van der Waals surface area contributed by atoms with Gasteiger partial charge in [0.1, 0.15) is 22.9 Å². The lowest BCUT2D eigenvalue weighted by atomic mass is 9.89. The average Bonchev–Trinajstić information content (AvgIpc) is 3.35. The van der Waals surface area contributed by atoms with Crippen LogP contribution in [-0.4, -0.2) is 58.3 Å². The maximum atomic E-state index is 6.68. The van der Waals surface area contributed by atoms with Crippen molar-refractivity contribution in [3.05, 3.63) is 66.2 Å². The molecule has 1 atom stereocenters. The third-order valence-corrected chi connectivity index (χ3v) is 8.38.